The van der Waals surface area contributed by atoms with E-state index in [-0.39, 0.29) is 11.5 Å². The monoisotopic (exact) mass is 318 g/mol. The lowest BCUT2D eigenvalue weighted by Gasteiger charge is -1.98. The highest BCUT2D eigenvalue weighted by atomic mass is 79.9. The van der Waals surface area contributed by atoms with E-state index in [0.29, 0.717) is 4.47 Å². The quantitative estimate of drug-likeness (QED) is 0.302. The molecule has 0 spiro atoms. The maximum atomic E-state index is 11.3. The number of rotatable bonds is 2. The van der Waals surface area contributed by atoms with Crippen LogP contribution >= 0.6 is 15.9 Å². The van der Waals surface area contributed by atoms with Crippen LogP contribution in [0.5, 0.6) is 0 Å². The standard InChI is InChI=1S/C8H11BrN6O3/c1-11-7(16)15-3-4(9)5(13-15)6(10)14-18-8(17)12-2/h3H,1-2H3,(H2,10,14)(H,11,16)(H,12,17). The Kier molecular flexibility index (Phi) is 4.66. The molecule has 0 aliphatic rings. The van der Waals surface area contributed by atoms with Gasteiger partial charge in [-0.25, -0.2) is 9.59 Å². The zero-order valence-electron chi connectivity index (χ0n) is 9.60. The Bertz CT molecular complexity index is 497. The van der Waals surface area contributed by atoms with Crippen molar-refractivity contribution in [2.45, 2.75) is 0 Å². The van der Waals surface area contributed by atoms with Crippen molar-refractivity contribution >= 4 is 33.9 Å². The van der Waals surface area contributed by atoms with E-state index in [4.69, 9.17) is 5.73 Å². The average molecular weight is 319 g/mol. The first kappa shape index (κ1) is 14.0. The summed E-state index contributed by atoms with van der Waals surface area (Å²) in [6.07, 6.45) is 0.635. The summed E-state index contributed by atoms with van der Waals surface area (Å²) in [5.74, 6) is -0.145. The summed E-state index contributed by atoms with van der Waals surface area (Å²) in [4.78, 5) is 26.5. The molecule has 4 N–H and O–H groups in total. The lowest BCUT2D eigenvalue weighted by molar-refractivity contribution is 0.153. The first-order valence-electron chi connectivity index (χ1n) is 4.69. The molecule has 1 heterocycles. The second kappa shape index (κ2) is 6.00. The van der Waals surface area contributed by atoms with Gasteiger partial charge >= 0.3 is 12.1 Å². The van der Waals surface area contributed by atoms with Crippen molar-refractivity contribution in [1.82, 2.24) is 20.4 Å². The normalized spacial score (nSPS) is 10.9. The van der Waals surface area contributed by atoms with Crippen molar-refractivity contribution in [3.8, 4) is 0 Å². The van der Waals surface area contributed by atoms with Crippen LogP contribution in [0.4, 0.5) is 9.59 Å². The number of nitrogens with zero attached hydrogens (tertiary/aromatic N) is 3. The summed E-state index contributed by atoms with van der Waals surface area (Å²) in [7, 11) is 2.84. The Hall–Kier alpha value is -2.10. The Morgan fingerprint density at radius 3 is 2.72 bits per heavy atom. The molecule has 0 unspecified atom stereocenters. The second-order valence-electron chi connectivity index (χ2n) is 2.93. The number of amidine groups is 1. The van der Waals surface area contributed by atoms with E-state index in [1.54, 1.807) is 0 Å². The zero-order chi connectivity index (χ0) is 13.7. The third kappa shape index (κ3) is 3.20. The number of carbonyl (C=O) groups is 2. The minimum absolute atomic E-state index is 0.145. The lowest BCUT2D eigenvalue weighted by atomic mass is 10.4. The second-order valence-corrected chi connectivity index (χ2v) is 3.78. The Labute approximate surface area is 110 Å². The molecule has 0 saturated heterocycles. The van der Waals surface area contributed by atoms with Crippen LogP contribution < -0.4 is 16.4 Å². The molecule has 9 nitrogen and oxygen atoms in total. The number of carbonyl (C=O) groups excluding carboxylic acids is 2. The van der Waals surface area contributed by atoms with Gasteiger partial charge in [0.25, 0.3) is 0 Å². The molecular formula is C8H11BrN6O3. The molecule has 0 radical (unpaired) electrons. The summed E-state index contributed by atoms with van der Waals surface area (Å²) in [5.41, 5.74) is 5.74. The molecule has 0 aromatic carbocycles. The maximum absolute atomic E-state index is 11.3. The maximum Gasteiger partial charge on any atom is 0.433 e. The Morgan fingerprint density at radius 1 is 1.50 bits per heavy atom. The Balaban J connectivity index is 2.92. The van der Waals surface area contributed by atoms with Crippen LogP contribution in [-0.4, -0.2) is 41.8 Å². The first-order valence-corrected chi connectivity index (χ1v) is 5.48. The van der Waals surface area contributed by atoms with E-state index < -0.39 is 12.1 Å². The minimum Gasteiger partial charge on any atom is -0.379 e. The van der Waals surface area contributed by atoms with E-state index in [2.05, 4.69) is 41.7 Å². The number of aromatic nitrogens is 2. The molecule has 1 rings (SSSR count). The van der Waals surface area contributed by atoms with Gasteiger partial charge < -0.3 is 16.4 Å². The van der Waals surface area contributed by atoms with Crippen LogP contribution in [-0.2, 0) is 4.84 Å². The van der Waals surface area contributed by atoms with Crippen LogP contribution in [0.25, 0.3) is 0 Å². The minimum atomic E-state index is -0.764. The molecule has 0 bridgehead atoms. The summed E-state index contributed by atoms with van der Waals surface area (Å²) in [6, 6.07) is -0.443. The number of oxime groups is 1. The van der Waals surface area contributed by atoms with Crippen LogP contribution in [0.2, 0.25) is 0 Å². The number of nitrogens with two attached hydrogens (primary N) is 1. The highest BCUT2D eigenvalue weighted by Crippen LogP contribution is 2.14. The summed E-state index contributed by atoms with van der Waals surface area (Å²) in [5, 5.41) is 11.8. The van der Waals surface area contributed by atoms with Crippen LogP contribution in [0.3, 0.4) is 0 Å². The molecule has 1 aromatic rings. The summed E-state index contributed by atoms with van der Waals surface area (Å²) in [6.45, 7) is 0. The van der Waals surface area contributed by atoms with E-state index in [1.807, 2.05) is 0 Å². The van der Waals surface area contributed by atoms with E-state index in [9.17, 15) is 9.59 Å². The molecule has 18 heavy (non-hydrogen) atoms. The molecule has 1 aromatic heterocycles. The van der Waals surface area contributed by atoms with Crippen molar-refractivity contribution in [1.29, 1.82) is 0 Å². The van der Waals surface area contributed by atoms with Gasteiger partial charge in [-0.15, -0.1) is 0 Å². The fourth-order valence-corrected chi connectivity index (χ4v) is 1.40. The van der Waals surface area contributed by atoms with Gasteiger partial charge in [0.1, 0.15) is 5.69 Å². The molecular weight excluding hydrogens is 308 g/mol. The molecule has 10 heteroatoms. The fourth-order valence-electron chi connectivity index (χ4n) is 0.925. The molecule has 0 aliphatic heterocycles. The predicted octanol–water partition coefficient (Wildman–Crippen LogP) is -0.191. The first-order chi connectivity index (χ1) is 8.49. The third-order valence-electron chi connectivity index (χ3n) is 1.77. The lowest BCUT2D eigenvalue weighted by Crippen LogP contribution is -2.26. The van der Waals surface area contributed by atoms with Gasteiger partial charge in [-0.2, -0.15) is 9.78 Å². The van der Waals surface area contributed by atoms with Gasteiger partial charge in [-0.3, -0.25) is 4.84 Å². The van der Waals surface area contributed by atoms with Crippen LogP contribution in [0.15, 0.2) is 15.8 Å². The summed E-state index contributed by atoms with van der Waals surface area (Å²) >= 11 is 3.16. The van der Waals surface area contributed by atoms with Crippen LogP contribution in [0, 0.1) is 0 Å². The van der Waals surface area contributed by atoms with Crippen molar-refractivity contribution in [3.63, 3.8) is 0 Å². The van der Waals surface area contributed by atoms with E-state index in [0.717, 1.165) is 4.68 Å². The van der Waals surface area contributed by atoms with E-state index >= 15 is 0 Å². The molecule has 0 saturated carbocycles. The van der Waals surface area contributed by atoms with Gasteiger partial charge in [0.05, 0.1) is 10.7 Å². The molecule has 98 valence electrons. The van der Waals surface area contributed by atoms with Crippen molar-refractivity contribution in [2.24, 2.45) is 10.9 Å². The molecule has 2 amide bonds. The number of hydrogen-bond donors (Lipinski definition) is 3. The number of halogens is 1. The SMILES string of the molecule is CNC(=O)O/N=C(\N)c1nn(C(=O)NC)cc1Br. The van der Waals surface area contributed by atoms with Gasteiger partial charge in [0.15, 0.2) is 5.84 Å². The highest BCUT2D eigenvalue weighted by molar-refractivity contribution is 9.10. The van der Waals surface area contributed by atoms with Crippen molar-refractivity contribution in [2.75, 3.05) is 14.1 Å². The molecule has 0 atom stereocenters. The number of hydrogen-bond acceptors (Lipinski definition) is 5. The number of amides is 2. The average Bonchev–Trinajstić information content (AvgIpc) is 2.76. The molecule has 0 fully saturated rings. The topological polar surface area (TPSA) is 124 Å². The largest absolute Gasteiger partial charge is 0.433 e. The van der Waals surface area contributed by atoms with E-state index in [1.165, 1.54) is 20.3 Å². The molecule has 0 aliphatic carbocycles. The van der Waals surface area contributed by atoms with Gasteiger partial charge in [0, 0.05) is 14.1 Å². The third-order valence-corrected chi connectivity index (χ3v) is 2.35. The predicted molar refractivity (Wildman–Crippen MR) is 66.0 cm³/mol. The zero-order valence-corrected chi connectivity index (χ0v) is 11.2. The Morgan fingerprint density at radius 2 is 2.17 bits per heavy atom. The van der Waals surface area contributed by atoms with Crippen LogP contribution in [0.1, 0.15) is 5.69 Å². The number of nitrogens with one attached hydrogen (secondary N) is 2. The highest BCUT2D eigenvalue weighted by Gasteiger charge is 2.14. The van der Waals surface area contributed by atoms with Gasteiger partial charge in [-0.1, -0.05) is 5.16 Å². The fraction of sp³-hybridized carbons (Fsp3) is 0.250. The van der Waals surface area contributed by atoms with Crippen molar-refractivity contribution < 1.29 is 14.4 Å². The smallest absolute Gasteiger partial charge is 0.379 e. The van der Waals surface area contributed by atoms with Crippen molar-refractivity contribution in [3.05, 3.63) is 16.4 Å². The summed E-state index contributed by atoms with van der Waals surface area (Å²) < 4.78 is 1.47. The van der Waals surface area contributed by atoms with Gasteiger partial charge in [-0.05, 0) is 15.9 Å². The van der Waals surface area contributed by atoms with Gasteiger partial charge in [0.2, 0.25) is 0 Å².